The zero-order valence-electron chi connectivity index (χ0n) is 20.5. The second-order valence-electron chi connectivity index (χ2n) is 9.01. The molecule has 180 valence electrons. The fourth-order valence-corrected chi connectivity index (χ4v) is 4.48. The van der Waals surface area contributed by atoms with E-state index in [-0.39, 0.29) is 0 Å². The Balaban J connectivity index is 1.45. The fraction of sp³-hybridized carbons (Fsp3) is 0.379. The summed E-state index contributed by atoms with van der Waals surface area (Å²) in [5.74, 6) is 1.82. The van der Waals surface area contributed by atoms with Gasteiger partial charge in [-0.15, -0.1) is 0 Å². The molecule has 0 bridgehead atoms. The highest BCUT2D eigenvalue weighted by Crippen LogP contribution is 2.16. The predicted octanol–water partition coefficient (Wildman–Crippen LogP) is 4.52. The maximum absolute atomic E-state index is 5.33. The van der Waals surface area contributed by atoms with Crippen molar-refractivity contribution >= 4 is 0 Å². The van der Waals surface area contributed by atoms with Crippen LogP contribution in [0.5, 0.6) is 11.5 Å². The second kappa shape index (κ2) is 12.6. The summed E-state index contributed by atoms with van der Waals surface area (Å²) >= 11 is 0. The number of benzene rings is 3. The van der Waals surface area contributed by atoms with Gasteiger partial charge in [-0.25, -0.2) is 0 Å². The average molecular weight is 460 g/mol. The van der Waals surface area contributed by atoms with Gasteiger partial charge in [0.25, 0.3) is 0 Å². The summed E-state index contributed by atoms with van der Waals surface area (Å²) in [6.07, 6.45) is 0. The number of nitrogens with zero attached hydrogens (tertiary/aromatic N) is 3. The molecule has 0 aliphatic carbocycles. The van der Waals surface area contributed by atoms with E-state index < -0.39 is 0 Å². The highest BCUT2D eigenvalue weighted by molar-refractivity contribution is 5.28. The standard InChI is InChI=1S/C29H37N3O2/c1-33-28-12-8-26(9-13-28)23-31-18-16-30(22-25-6-4-3-5-7-25)17-19-32(21-20-31)24-27-10-14-29(34-2)15-11-27/h3-15H,16-24H2,1-2H3. The molecule has 1 aliphatic rings. The van der Waals surface area contributed by atoms with Crippen molar-refractivity contribution < 1.29 is 9.47 Å². The Bertz CT molecular complexity index is 915. The first-order chi connectivity index (χ1) is 16.7. The number of hydrogen-bond acceptors (Lipinski definition) is 5. The normalized spacial score (nSPS) is 16.4. The van der Waals surface area contributed by atoms with Crippen LogP contribution in [-0.4, -0.2) is 68.2 Å². The van der Waals surface area contributed by atoms with Crippen LogP contribution in [0.4, 0.5) is 0 Å². The zero-order chi connectivity index (χ0) is 23.6. The van der Waals surface area contributed by atoms with Gasteiger partial charge in [0, 0.05) is 58.9 Å². The van der Waals surface area contributed by atoms with Crippen molar-refractivity contribution in [2.75, 3.05) is 53.5 Å². The summed E-state index contributed by atoms with van der Waals surface area (Å²) in [5, 5.41) is 0. The molecule has 1 fully saturated rings. The van der Waals surface area contributed by atoms with Crippen molar-refractivity contribution in [1.82, 2.24) is 14.7 Å². The first-order valence-corrected chi connectivity index (χ1v) is 12.2. The Kier molecular flexibility index (Phi) is 8.97. The molecule has 5 heteroatoms. The third-order valence-electron chi connectivity index (χ3n) is 6.58. The molecule has 0 saturated carbocycles. The molecular weight excluding hydrogens is 422 g/mol. The monoisotopic (exact) mass is 459 g/mol. The van der Waals surface area contributed by atoms with Gasteiger partial charge in [0.2, 0.25) is 0 Å². The zero-order valence-corrected chi connectivity index (χ0v) is 20.5. The first-order valence-electron chi connectivity index (χ1n) is 12.2. The predicted molar refractivity (Wildman–Crippen MR) is 138 cm³/mol. The number of hydrogen-bond donors (Lipinski definition) is 0. The van der Waals surface area contributed by atoms with Crippen LogP contribution in [0.15, 0.2) is 78.9 Å². The molecule has 0 spiro atoms. The van der Waals surface area contributed by atoms with Crippen molar-refractivity contribution in [3.8, 4) is 11.5 Å². The minimum Gasteiger partial charge on any atom is -0.497 e. The lowest BCUT2D eigenvalue weighted by atomic mass is 10.2. The molecule has 3 aromatic carbocycles. The minimum absolute atomic E-state index is 0.910. The van der Waals surface area contributed by atoms with Gasteiger partial charge in [-0.2, -0.15) is 0 Å². The van der Waals surface area contributed by atoms with Gasteiger partial charge in [-0.1, -0.05) is 54.6 Å². The Morgan fingerprint density at radius 1 is 0.471 bits per heavy atom. The lowest BCUT2D eigenvalue weighted by Gasteiger charge is -2.26. The Labute approximate surface area is 204 Å². The lowest BCUT2D eigenvalue weighted by molar-refractivity contribution is 0.209. The number of methoxy groups -OCH3 is 2. The molecule has 1 saturated heterocycles. The maximum atomic E-state index is 5.33. The summed E-state index contributed by atoms with van der Waals surface area (Å²) in [7, 11) is 3.44. The molecule has 4 rings (SSSR count). The van der Waals surface area contributed by atoms with E-state index in [0.29, 0.717) is 0 Å². The van der Waals surface area contributed by atoms with Crippen molar-refractivity contribution in [3.05, 3.63) is 95.6 Å². The molecule has 0 atom stereocenters. The minimum atomic E-state index is 0.910. The van der Waals surface area contributed by atoms with Crippen LogP contribution >= 0.6 is 0 Å². The van der Waals surface area contributed by atoms with Crippen LogP contribution in [0.25, 0.3) is 0 Å². The Hall–Kier alpha value is -2.86. The molecule has 5 nitrogen and oxygen atoms in total. The van der Waals surface area contributed by atoms with E-state index in [0.717, 1.165) is 70.4 Å². The second-order valence-corrected chi connectivity index (χ2v) is 9.01. The summed E-state index contributed by atoms with van der Waals surface area (Å²) in [6.45, 7) is 9.29. The smallest absolute Gasteiger partial charge is 0.118 e. The molecule has 1 aliphatic heterocycles. The number of rotatable bonds is 8. The van der Waals surface area contributed by atoms with Crippen LogP contribution in [0.3, 0.4) is 0 Å². The molecule has 0 unspecified atom stereocenters. The van der Waals surface area contributed by atoms with Crippen molar-refractivity contribution in [2.24, 2.45) is 0 Å². The lowest BCUT2D eigenvalue weighted by Crippen LogP contribution is -2.35. The van der Waals surface area contributed by atoms with E-state index in [4.69, 9.17) is 9.47 Å². The topological polar surface area (TPSA) is 28.2 Å². The van der Waals surface area contributed by atoms with Crippen molar-refractivity contribution in [1.29, 1.82) is 0 Å². The van der Waals surface area contributed by atoms with Crippen LogP contribution in [0.2, 0.25) is 0 Å². The maximum Gasteiger partial charge on any atom is 0.118 e. The van der Waals surface area contributed by atoms with E-state index in [1.54, 1.807) is 14.2 Å². The van der Waals surface area contributed by atoms with Crippen molar-refractivity contribution in [2.45, 2.75) is 19.6 Å². The highest BCUT2D eigenvalue weighted by atomic mass is 16.5. The van der Waals surface area contributed by atoms with Gasteiger partial charge >= 0.3 is 0 Å². The third kappa shape index (κ3) is 7.32. The largest absolute Gasteiger partial charge is 0.497 e. The van der Waals surface area contributed by atoms with E-state index in [1.807, 2.05) is 0 Å². The Morgan fingerprint density at radius 3 is 1.12 bits per heavy atom. The van der Waals surface area contributed by atoms with Gasteiger partial charge in [0.05, 0.1) is 14.2 Å². The molecule has 0 aromatic heterocycles. The molecular formula is C29H37N3O2. The Morgan fingerprint density at radius 2 is 0.794 bits per heavy atom. The molecule has 0 amide bonds. The van der Waals surface area contributed by atoms with E-state index >= 15 is 0 Å². The van der Waals surface area contributed by atoms with E-state index in [1.165, 1.54) is 16.7 Å². The quantitative estimate of drug-likeness (QED) is 0.494. The van der Waals surface area contributed by atoms with Gasteiger partial charge in [-0.3, -0.25) is 14.7 Å². The van der Waals surface area contributed by atoms with Crippen LogP contribution < -0.4 is 9.47 Å². The summed E-state index contributed by atoms with van der Waals surface area (Å²) in [5.41, 5.74) is 4.04. The molecule has 34 heavy (non-hydrogen) atoms. The summed E-state index contributed by atoms with van der Waals surface area (Å²) in [4.78, 5) is 7.78. The fourth-order valence-electron chi connectivity index (χ4n) is 4.48. The van der Waals surface area contributed by atoms with Gasteiger partial charge < -0.3 is 9.47 Å². The van der Waals surface area contributed by atoms with E-state index in [2.05, 4.69) is 93.6 Å². The van der Waals surface area contributed by atoms with Gasteiger partial charge in [-0.05, 0) is 41.0 Å². The summed E-state index contributed by atoms with van der Waals surface area (Å²) < 4.78 is 10.7. The van der Waals surface area contributed by atoms with Crippen molar-refractivity contribution in [3.63, 3.8) is 0 Å². The highest BCUT2D eigenvalue weighted by Gasteiger charge is 2.17. The molecule has 3 aromatic rings. The average Bonchev–Trinajstić information content (AvgIpc) is 2.97. The SMILES string of the molecule is COc1ccc(CN2CCN(Cc3ccccc3)CCN(Cc3ccc(OC)cc3)CC2)cc1. The van der Waals surface area contributed by atoms with Crippen LogP contribution in [-0.2, 0) is 19.6 Å². The molecule has 1 heterocycles. The van der Waals surface area contributed by atoms with Gasteiger partial charge in [0.1, 0.15) is 11.5 Å². The first kappa shape index (κ1) is 24.3. The number of ether oxygens (including phenoxy) is 2. The summed E-state index contributed by atoms with van der Waals surface area (Å²) in [6, 6.07) is 27.8. The molecule has 0 radical (unpaired) electrons. The van der Waals surface area contributed by atoms with Gasteiger partial charge in [0.15, 0.2) is 0 Å². The van der Waals surface area contributed by atoms with Crippen LogP contribution in [0, 0.1) is 0 Å². The van der Waals surface area contributed by atoms with Crippen LogP contribution in [0.1, 0.15) is 16.7 Å². The van der Waals surface area contributed by atoms with E-state index in [9.17, 15) is 0 Å². The molecule has 0 N–H and O–H groups in total. The third-order valence-corrected chi connectivity index (χ3v) is 6.58.